The van der Waals surface area contributed by atoms with Crippen molar-refractivity contribution in [2.45, 2.75) is 0 Å². The van der Waals surface area contributed by atoms with Crippen molar-refractivity contribution in [1.29, 1.82) is 0 Å². The summed E-state index contributed by atoms with van der Waals surface area (Å²) in [5.41, 5.74) is 0.948. The zero-order valence-electron chi connectivity index (χ0n) is 12.9. The largest absolute Gasteiger partial charge is 0.497 e. The van der Waals surface area contributed by atoms with E-state index in [-0.39, 0.29) is 22.3 Å². The van der Waals surface area contributed by atoms with Gasteiger partial charge in [-0.1, -0.05) is 23.7 Å². The first-order chi connectivity index (χ1) is 12.0. The van der Waals surface area contributed by atoms with Gasteiger partial charge < -0.3 is 9.47 Å². The molecule has 0 unspecified atom stereocenters. The van der Waals surface area contributed by atoms with Crippen LogP contribution in [0, 0.1) is 10.1 Å². The van der Waals surface area contributed by atoms with Crippen LogP contribution < -0.4 is 4.74 Å². The van der Waals surface area contributed by atoms with Crippen molar-refractivity contribution in [1.82, 2.24) is 0 Å². The van der Waals surface area contributed by atoms with E-state index >= 15 is 0 Å². The van der Waals surface area contributed by atoms with Gasteiger partial charge in [0.25, 0.3) is 5.69 Å². The molecule has 1 aliphatic rings. The number of nitro benzene ring substituents is 1. The molecule has 126 valence electrons. The lowest BCUT2D eigenvalue weighted by atomic mass is 10.2. The second kappa shape index (κ2) is 6.74. The normalized spacial score (nSPS) is 15.0. The van der Waals surface area contributed by atoms with Crippen LogP contribution in [0.1, 0.15) is 11.1 Å². The zero-order valence-corrected chi connectivity index (χ0v) is 13.7. The van der Waals surface area contributed by atoms with Gasteiger partial charge in [-0.3, -0.25) is 10.1 Å². The van der Waals surface area contributed by atoms with E-state index in [0.717, 1.165) is 0 Å². The molecule has 0 atom stereocenters. The first-order valence-corrected chi connectivity index (χ1v) is 7.46. The number of nitro groups is 1. The molecule has 0 amide bonds. The SMILES string of the molecule is COc1cccc(/C=C2/N=C(c3ccc([N+](=O)[O-])cc3Cl)OC2=O)c1. The smallest absolute Gasteiger partial charge is 0.363 e. The predicted octanol–water partition coefficient (Wildman–Crippen LogP) is 3.60. The Morgan fingerprint density at radius 2 is 2.08 bits per heavy atom. The van der Waals surface area contributed by atoms with Crippen LogP contribution in [-0.2, 0) is 9.53 Å². The van der Waals surface area contributed by atoms with Gasteiger partial charge >= 0.3 is 5.97 Å². The van der Waals surface area contributed by atoms with Crippen molar-refractivity contribution in [2.24, 2.45) is 4.99 Å². The number of nitrogens with zero attached hydrogens (tertiary/aromatic N) is 2. The van der Waals surface area contributed by atoms with Gasteiger partial charge in [0.1, 0.15) is 5.75 Å². The van der Waals surface area contributed by atoms with Gasteiger partial charge in [0.05, 0.1) is 22.6 Å². The molecule has 0 saturated heterocycles. The molecule has 1 heterocycles. The third-order valence-electron chi connectivity index (χ3n) is 3.41. The summed E-state index contributed by atoms with van der Waals surface area (Å²) >= 11 is 6.04. The van der Waals surface area contributed by atoms with Crippen LogP contribution in [0.15, 0.2) is 53.2 Å². The van der Waals surface area contributed by atoms with Gasteiger partial charge in [0.15, 0.2) is 5.70 Å². The molecule has 1 aliphatic heterocycles. The molecule has 0 aromatic heterocycles. The maximum atomic E-state index is 12.0. The van der Waals surface area contributed by atoms with E-state index in [1.54, 1.807) is 37.5 Å². The molecule has 0 radical (unpaired) electrons. The van der Waals surface area contributed by atoms with Crippen LogP contribution in [0.3, 0.4) is 0 Å². The van der Waals surface area contributed by atoms with E-state index in [4.69, 9.17) is 21.1 Å². The Morgan fingerprint density at radius 1 is 1.28 bits per heavy atom. The number of rotatable bonds is 4. The van der Waals surface area contributed by atoms with E-state index in [1.807, 2.05) is 0 Å². The first-order valence-electron chi connectivity index (χ1n) is 7.09. The second-order valence-corrected chi connectivity index (χ2v) is 5.44. The second-order valence-electron chi connectivity index (χ2n) is 5.03. The van der Waals surface area contributed by atoms with Crippen molar-refractivity contribution in [3.05, 3.63) is 74.4 Å². The summed E-state index contributed by atoms with van der Waals surface area (Å²) in [4.78, 5) is 26.3. The van der Waals surface area contributed by atoms with Gasteiger partial charge in [-0.05, 0) is 29.8 Å². The maximum Gasteiger partial charge on any atom is 0.363 e. The molecule has 0 N–H and O–H groups in total. The van der Waals surface area contributed by atoms with Crippen LogP contribution in [0.5, 0.6) is 5.75 Å². The Bertz CT molecular complexity index is 936. The summed E-state index contributed by atoms with van der Waals surface area (Å²) in [6.07, 6.45) is 1.55. The number of halogens is 1. The first kappa shape index (κ1) is 16.7. The molecular formula is C17H11ClN2O5. The van der Waals surface area contributed by atoms with Crippen LogP contribution in [-0.4, -0.2) is 23.9 Å². The zero-order chi connectivity index (χ0) is 18.0. The quantitative estimate of drug-likeness (QED) is 0.360. The summed E-state index contributed by atoms with van der Waals surface area (Å²) in [6, 6.07) is 10.9. The topological polar surface area (TPSA) is 91.0 Å². The number of non-ortho nitro benzene ring substituents is 1. The number of esters is 1. The molecule has 0 aliphatic carbocycles. The summed E-state index contributed by atoms with van der Waals surface area (Å²) in [5, 5.41) is 10.8. The molecule has 7 nitrogen and oxygen atoms in total. The highest BCUT2D eigenvalue weighted by Crippen LogP contribution is 2.27. The molecular weight excluding hydrogens is 348 g/mol. The van der Waals surface area contributed by atoms with Crippen molar-refractivity contribution in [3.63, 3.8) is 0 Å². The molecule has 0 spiro atoms. The van der Waals surface area contributed by atoms with E-state index in [9.17, 15) is 14.9 Å². The van der Waals surface area contributed by atoms with E-state index in [0.29, 0.717) is 16.9 Å². The Labute approximate surface area is 147 Å². The van der Waals surface area contributed by atoms with Crippen molar-refractivity contribution in [2.75, 3.05) is 7.11 Å². The van der Waals surface area contributed by atoms with Gasteiger partial charge in [0, 0.05) is 12.1 Å². The van der Waals surface area contributed by atoms with E-state index < -0.39 is 10.9 Å². The molecule has 0 fully saturated rings. The van der Waals surface area contributed by atoms with Crippen LogP contribution in [0.4, 0.5) is 5.69 Å². The number of carbonyl (C=O) groups excluding carboxylic acids is 1. The number of benzene rings is 2. The highest BCUT2D eigenvalue weighted by molar-refractivity contribution is 6.34. The van der Waals surface area contributed by atoms with E-state index in [2.05, 4.69) is 4.99 Å². The fourth-order valence-electron chi connectivity index (χ4n) is 2.20. The van der Waals surface area contributed by atoms with Crippen LogP contribution >= 0.6 is 11.6 Å². The number of aliphatic imine (C=N–C) groups is 1. The minimum absolute atomic E-state index is 0.000885. The Hall–Kier alpha value is -3.19. The van der Waals surface area contributed by atoms with Gasteiger partial charge in [0.2, 0.25) is 5.90 Å². The third-order valence-corrected chi connectivity index (χ3v) is 3.72. The highest BCUT2D eigenvalue weighted by atomic mass is 35.5. The number of carbonyl (C=O) groups is 1. The fraction of sp³-hybridized carbons (Fsp3) is 0.0588. The lowest BCUT2D eigenvalue weighted by Gasteiger charge is -2.02. The Balaban J connectivity index is 1.95. The van der Waals surface area contributed by atoms with Crippen LogP contribution in [0.25, 0.3) is 6.08 Å². The molecule has 8 heteroatoms. The average molecular weight is 359 g/mol. The standard InChI is InChI=1S/C17H11ClN2O5/c1-24-12-4-2-3-10(7-12)8-15-17(21)25-16(19-15)13-6-5-11(20(22)23)9-14(13)18/h2-9H,1H3/b15-8+. The predicted molar refractivity (Wildman–Crippen MR) is 91.7 cm³/mol. The monoisotopic (exact) mass is 358 g/mol. The summed E-state index contributed by atoms with van der Waals surface area (Å²) in [6.45, 7) is 0. The fourth-order valence-corrected chi connectivity index (χ4v) is 2.46. The third kappa shape index (κ3) is 3.51. The van der Waals surface area contributed by atoms with Crippen molar-refractivity contribution < 1.29 is 19.2 Å². The molecule has 2 aromatic rings. The van der Waals surface area contributed by atoms with Crippen molar-refractivity contribution in [3.8, 4) is 5.75 Å². The molecule has 0 saturated carbocycles. The van der Waals surface area contributed by atoms with Gasteiger partial charge in [-0.15, -0.1) is 0 Å². The Morgan fingerprint density at radius 3 is 2.76 bits per heavy atom. The van der Waals surface area contributed by atoms with E-state index in [1.165, 1.54) is 18.2 Å². The number of cyclic esters (lactones) is 1. The minimum Gasteiger partial charge on any atom is -0.497 e. The lowest BCUT2D eigenvalue weighted by molar-refractivity contribution is -0.384. The number of hydrogen-bond acceptors (Lipinski definition) is 6. The Kier molecular flexibility index (Phi) is 4.49. The molecule has 25 heavy (non-hydrogen) atoms. The lowest BCUT2D eigenvalue weighted by Crippen LogP contribution is -2.06. The molecule has 0 bridgehead atoms. The summed E-state index contributed by atoms with van der Waals surface area (Å²) in [7, 11) is 1.54. The van der Waals surface area contributed by atoms with Gasteiger partial charge in [-0.25, -0.2) is 9.79 Å². The van der Waals surface area contributed by atoms with Crippen LogP contribution in [0.2, 0.25) is 5.02 Å². The minimum atomic E-state index is -0.632. The number of ether oxygens (including phenoxy) is 2. The molecule has 3 rings (SSSR count). The van der Waals surface area contributed by atoms with Gasteiger partial charge in [-0.2, -0.15) is 0 Å². The number of hydrogen-bond donors (Lipinski definition) is 0. The summed E-state index contributed by atoms with van der Waals surface area (Å²) in [5.74, 6) is 0.00890. The number of methoxy groups -OCH3 is 1. The highest BCUT2D eigenvalue weighted by Gasteiger charge is 2.26. The summed E-state index contributed by atoms with van der Waals surface area (Å²) < 4.78 is 10.3. The van der Waals surface area contributed by atoms with Crippen molar-refractivity contribution >= 4 is 35.2 Å². The molecule has 2 aromatic carbocycles. The maximum absolute atomic E-state index is 12.0. The average Bonchev–Trinajstić information content (AvgIpc) is 2.95.